The van der Waals surface area contributed by atoms with Crippen LogP contribution < -0.4 is 9.47 Å². The predicted molar refractivity (Wildman–Crippen MR) is 103 cm³/mol. The smallest absolute Gasteiger partial charge is 0.166 e. The van der Waals surface area contributed by atoms with E-state index in [1.54, 1.807) is 12.3 Å². The van der Waals surface area contributed by atoms with Crippen molar-refractivity contribution >= 4 is 28.3 Å². The van der Waals surface area contributed by atoms with E-state index >= 15 is 0 Å². The topological polar surface area (TPSA) is 48.4 Å². The molecule has 3 aromatic rings. The number of Topliss-reactive ketones (excluding diaryl/α,β-unsaturated/α-hetero) is 1. The summed E-state index contributed by atoms with van der Waals surface area (Å²) in [5.74, 6) is 1.40. The van der Waals surface area contributed by atoms with Crippen LogP contribution in [0.15, 0.2) is 54.7 Å². The van der Waals surface area contributed by atoms with Gasteiger partial charge in [-0.05, 0) is 36.4 Å². The summed E-state index contributed by atoms with van der Waals surface area (Å²) in [6.07, 6.45) is 2.86. The molecule has 0 aliphatic carbocycles. The van der Waals surface area contributed by atoms with Crippen LogP contribution in [0.3, 0.4) is 0 Å². The summed E-state index contributed by atoms with van der Waals surface area (Å²) < 4.78 is 11.6. The first kappa shape index (κ1) is 18.2. The summed E-state index contributed by atoms with van der Waals surface area (Å²) in [6.45, 7) is 2.79. The first-order valence-electron chi connectivity index (χ1n) is 8.61. The molecule has 5 heteroatoms. The minimum Gasteiger partial charge on any atom is -0.493 e. The molecule has 0 fully saturated rings. The molecule has 0 bridgehead atoms. The van der Waals surface area contributed by atoms with Gasteiger partial charge in [0.15, 0.2) is 5.78 Å². The van der Waals surface area contributed by atoms with Crippen molar-refractivity contribution in [3.05, 3.63) is 65.3 Å². The summed E-state index contributed by atoms with van der Waals surface area (Å²) in [5.41, 5.74) is 1.38. The van der Waals surface area contributed by atoms with Gasteiger partial charge in [-0.25, -0.2) is 0 Å². The van der Waals surface area contributed by atoms with Crippen molar-refractivity contribution in [2.75, 3.05) is 13.2 Å². The summed E-state index contributed by atoms with van der Waals surface area (Å²) in [7, 11) is 0. The molecule has 134 valence electrons. The molecular weight excluding hydrogens is 350 g/mol. The van der Waals surface area contributed by atoms with E-state index in [0.29, 0.717) is 48.1 Å². The number of benzene rings is 2. The molecule has 26 heavy (non-hydrogen) atoms. The number of fused-ring (bicyclic) bond motifs is 1. The summed E-state index contributed by atoms with van der Waals surface area (Å²) in [4.78, 5) is 16.3. The van der Waals surface area contributed by atoms with E-state index in [0.717, 1.165) is 10.9 Å². The van der Waals surface area contributed by atoms with Crippen molar-refractivity contribution in [2.45, 2.75) is 19.8 Å². The molecule has 0 atom stereocenters. The normalized spacial score (nSPS) is 10.7. The van der Waals surface area contributed by atoms with Gasteiger partial charge in [0.05, 0.1) is 23.8 Å². The number of ketones is 1. The van der Waals surface area contributed by atoms with Gasteiger partial charge in [-0.1, -0.05) is 30.7 Å². The van der Waals surface area contributed by atoms with Gasteiger partial charge in [-0.15, -0.1) is 0 Å². The number of halogens is 1. The fourth-order valence-electron chi connectivity index (χ4n) is 2.66. The first-order chi connectivity index (χ1) is 12.7. The molecule has 0 saturated carbocycles. The number of nitrogens with zero attached hydrogens (tertiary/aromatic N) is 1. The fourth-order valence-corrected chi connectivity index (χ4v) is 2.88. The summed E-state index contributed by atoms with van der Waals surface area (Å²) >= 11 is 6.19. The summed E-state index contributed by atoms with van der Waals surface area (Å²) in [6, 6.07) is 14.7. The molecular formula is C21H20ClNO3. The van der Waals surface area contributed by atoms with E-state index in [2.05, 4.69) is 4.98 Å². The number of aromatic nitrogens is 1. The SMILES string of the molecule is CCC(=O)c1ccccc1OCCCOc1ccc(Cl)c2cccnc12. The number of carbonyl (C=O) groups excluding carboxylic acids is 1. The minimum atomic E-state index is 0.0792. The second-order valence-corrected chi connectivity index (χ2v) is 6.18. The molecule has 0 amide bonds. The van der Waals surface area contributed by atoms with Gasteiger partial charge in [0.25, 0.3) is 0 Å². The van der Waals surface area contributed by atoms with Crippen molar-refractivity contribution in [3.63, 3.8) is 0 Å². The predicted octanol–water partition coefficient (Wildman–Crippen LogP) is 5.33. The Morgan fingerprint density at radius 3 is 2.58 bits per heavy atom. The van der Waals surface area contributed by atoms with Crippen LogP contribution in [0.5, 0.6) is 11.5 Å². The molecule has 4 nitrogen and oxygen atoms in total. The lowest BCUT2D eigenvalue weighted by Crippen LogP contribution is -2.08. The number of ether oxygens (including phenoxy) is 2. The highest BCUT2D eigenvalue weighted by Gasteiger charge is 2.10. The fraction of sp³-hybridized carbons (Fsp3) is 0.238. The van der Waals surface area contributed by atoms with Crippen molar-refractivity contribution in [1.29, 1.82) is 0 Å². The van der Waals surface area contributed by atoms with Crippen molar-refractivity contribution < 1.29 is 14.3 Å². The Hall–Kier alpha value is -2.59. The molecule has 0 saturated heterocycles. The van der Waals surface area contributed by atoms with Gasteiger partial charge in [-0.2, -0.15) is 0 Å². The van der Waals surface area contributed by atoms with Crippen LogP contribution in [0.25, 0.3) is 10.9 Å². The Morgan fingerprint density at radius 2 is 1.77 bits per heavy atom. The minimum absolute atomic E-state index is 0.0792. The average Bonchev–Trinajstić information content (AvgIpc) is 2.69. The van der Waals surface area contributed by atoms with Gasteiger partial charge in [-0.3, -0.25) is 9.78 Å². The monoisotopic (exact) mass is 369 g/mol. The maximum Gasteiger partial charge on any atom is 0.166 e. The second-order valence-electron chi connectivity index (χ2n) is 5.77. The van der Waals surface area contributed by atoms with Crippen LogP contribution in [-0.4, -0.2) is 24.0 Å². The number of hydrogen-bond acceptors (Lipinski definition) is 4. The number of para-hydroxylation sites is 1. The van der Waals surface area contributed by atoms with E-state index in [1.165, 1.54) is 0 Å². The van der Waals surface area contributed by atoms with E-state index in [1.807, 2.05) is 49.4 Å². The third-order valence-electron chi connectivity index (χ3n) is 3.99. The lowest BCUT2D eigenvalue weighted by Gasteiger charge is -2.12. The van der Waals surface area contributed by atoms with Crippen molar-refractivity contribution in [3.8, 4) is 11.5 Å². The van der Waals surface area contributed by atoms with E-state index in [4.69, 9.17) is 21.1 Å². The highest BCUT2D eigenvalue weighted by atomic mass is 35.5. The Bertz CT molecular complexity index is 911. The third-order valence-corrected chi connectivity index (χ3v) is 4.32. The largest absolute Gasteiger partial charge is 0.493 e. The molecule has 0 aliphatic rings. The Kier molecular flexibility index (Phi) is 6.08. The van der Waals surface area contributed by atoms with Crippen LogP contribution in [-0.2, 0) is 0 Å². The van der Waals surface area contributed by atoms with Crippen LogP contribution in [0.2, 0.25) is 5.02 Å². The quantitative estimate of drug-likeness (QED) is 0.398. The van der Waals surface area contributed by atoms with Gasteiger partial charge < -0.3 is 9.47 Å². The lowest BCUT2D eigenvalue weighted by atomic mass is 10.1. The highest BCUT2D eigenvalue weighted by Crippen LogP contribution is 2.29. The van der Waals surface area contributed by atoms with E-state index in [-0.39, 0.29) is 5.78 Å². The Morgan fingerprint density at radius 1 is 1.00 bits per heavy atom. The molecule has 3 rings (SSSR count). The number of hydrogen-bond donors (Lipinski definition) is 0. The number of rotatable bonds is 8. The number of carbonyl (C=O) groups is 1. The Labute approximate surface area is 157 Å². The maximum atomic E-state index is 11.9. The van der Waals surface area contributed by atoms with Gasteiger partial charge in [0, 0.05) is 24.4 Å². The zero-order valence-electron chi connectivity index (χ0n) is 14.6. The second kappa shape index (κ2) is 8.68. The Balaban J connectivity index is 1.56. The molecule has 0 spiro atoms. The first-order valence-corrected chi connectivity index (χ1v) is 8.99. The van der Waals surface area contributed by atoms with Crippen molar-refractivity contribution in [1.82, 2.24) is 4.98 Å². The van der Waals surface area contributed by atoms with Crippen LogP contribution in [0.4, 0.5) is 0 Å². The van der Waals surface area contributed by atoms with Crippen LogP contribution >= 0.6 is 11.6 Å². The molecule has 1 aromatic heterocycles. The van der Waals surface area contributed by atoms with Crippen LogP contribution in [0, 0.1) is 0 Å². The third kappa shape index (κ3) is 4.14. The lowest BCUT2D eigenvalue weighted by molar-refractivity contribution is 0.0984. The van der Waals surface area contributed by atoms with Gasteiger partial charge in [0.1, 0.15) is 17.0 Å². The highest BCUT2D eigenvalue weighted by molar-refractivity contribution is 6.35. The van der Waals surface area contributed by atoms with E-state index in [9.17, 15) is 4.79 Å². The summed E-state index contributed by atoms with van der Waals surface area (Å²) in [5, 5.41) is 1.52. The van der Waals surface area contributed by atoms with Gasteiger partial charge in [0.2, 0.25) is 0 Å². The number of pyridine rings is 1. The maximum absolute atomic E-state index is 11.9. The standard InChI is InChI=1S/C21H20ClNO3/c1-2-18(24)16-7-3-4-9-19(16)25-13-6-14-26-20-11-10-17(22)15-8-5-12-23-21(15)20/h3-5,7-12H,2,6,13-14H2,1H3. The average molecular weight is 370 g/mol. The zero-order valence-corrected chi connectivity index (χ0v) is 15.3. The van der Waals surface area contributed by atoms with Gasteiger partial charge >= 0.3 is 0 Å². The molecule has 0 aliphatic heterocycles. The molecule has 0 unspecified atom stereocenters. The zero-order chi connectivity index (χ0) is 18.4. The molecule has 0 N–H and O–H groups in total. The van der Waals surface area contributed by atoms with Crippen molar-refractivity contribution in [2.24, 2.45) is 0 Å². The molecule has 2 aromatic carbocycles. The molecule has 1 heterocycles. The van der Waals surface area contributed by atoms with Crippen LogP contribution in [0.1, 0.15) is 30.1 Å². The molecule has 0 radical (unpaired) electrons. The van der Waals surface area contributed by atoms with E-state index < -0.39 is 0 Å².